The second kappa shape index (κ2) is 6.65. The Morgan fingerprint density at radius 3 is 2.43 bits per heavy atom. The molecule has 0 radical (unpaired) electrons. The van der Waals surface area contributed by atoms with Gasteiger partial charge < -0.3 is 10.1 Å². The molecule has 0 aromatic heterocycles. The standard InChI is InChI=1S/C11H21NO.ClH/c1-2-6-11(7-3-1)13-9-10-5-4-8-12-10;/h10-12H,1-9H2;1H. The van der Waals surface area contributed by atoms with E-state index in [9.17, 15) is 0 Å². The molecule has 2 fully saturated rings. The maximum Gasteiger partial charge on any atom is 0.0623 e. The maximum atomic E-state index is 5.90. The molecule has 14 heavy (non-hydrogen) atoms. The molecule has 0 spiro atoms. The minimum Gasteiger partial charge on any atom is -0.377 e. The Labute approximate surface area is 93.2 Å². The summed E-state index contributed by atoms with van der Waals surface area (Å²) in [5.41, 5.74) is 0. The van der Waals surface area contributed by atoms with Gasteiger partial charge in [-0.05, 0) is 32.2 Å². The van der Waals surface area contributed by atoms with Crippen LogP contribution in [0.3, 0.4) is 0 Å². The average Bonchev–Trinajstić information content (AvgIpc) is 2.69. The number of rotatable bonds is 3. The predicted octanol–water partition coefficient (Wildman–Crippen LogP) is 2.51. The molecular formula is C11H22ClNO. The molecule has 1 saturated carbocycles. The van der Waals surface area contributed by atoms with Crippen molar-refractivity contribution in [3.05, 3.63) is 0 Å². The first kappa shape index (κ1) is 12.3. The van der Waals surface area contributed by atoms with Crippen LogP contribution in [0, 0.1) is 0 Å². The highest BCUT2D eigenvalue weighted by molar-refractivity contribution is 5.85. The molecule has 0 amide bonds. The molecule has 1 unspecified atom stereocenters. The van der Waals surface area contributed by atoms with Gasteiger partial charge in [-0.15, -0.1) is 12.4 Å². The molecule has 1 saturated heterocycles. The zero-order valence-electron chi connectivity index (χ0n) is 8.84. The van der Waals surface area contributed by atoms with E-state index in [-0.39, 0.29) is 12.4 Å². The van der Waals surface area contributed by atoms with Gasteiger partial charge in [0.05, 0.1) is 12.7 Å². The highest BCUT2D eigenvalue weighted by Gasteiger charge is 2.18. The topological polar surface area (TPSA) is 21.3 Å². The van der Waals surface area contributed by atoms with Crippen LogP contribution in [0.4, 0.5) is 0 Å². The van der Waals surface area contributed by atoms with Crippen molar-refractivity contribution in [3.8, 4) is 0 Å². The van der Waals surface area contributed by atoms with Crippen molar-refractivity contribution in [1.82, 2.24) is 5.32 Å². The van der Waals surface area contributed by atoms with Crippen LogP contribution in [0.1, 0.15) is 44.9 Å². The molecule has 84 valence electrons. The van der Waals surface area contributed by atoms with Crippen molar-refractivity contribution in [2.24, 2.45) is 0 Å². The van der Waals surface area contributed by atoms with Gasteiger partial charge >= 0.3 is 0 Å². The van der Waals surface area contributed by atoms with Crippen molar-refractivity contribution in [2.75, 3.05) is 13.2 Å². The van der Waals surface area contributed by atoms with Crippen LogP contribution in [0.25, 0.3) is 0 Å². The maximum absolute atomic E-state index is 5.90. The highest BCUT2D eigenvalue weighted by atomic mass is 35.5. The van der Waals surface area contributed by atoms with E-state index in [1.54, 1.807) is 0 Å². The van der Waals surface area contributed by atoms with Crippen molar-refractivity contribution >= 4 is 12.4 Å². The molecule has 1 aliphatic heterocycles. The van der Waals surface area contributed by atoms with Gasteiger partial charge in [0.1, 0.15) is 0 Å². The SMILES string of the molecule is C1CCC(OCC2CCCN2)CC1.Cl. The van der Waals surface area contributed by atoms with Gasteiger partial charge in [-0.2, -0.15) is 0 Å². The van der Waals surface area contributed by atoms with Crippen LogP contribution in [0.15, 0.2) is 0 Å². The van der Waals surface area contributed by atoms with E-state index in [1.165, 1.54) is 51.5 Å². The molecule has 0 aromatic carbocycles. The second-order valence-electron chi connectivity index (χ2n) is 4.39. The first-order chi connectivity index (χ1) is 6.45. The quantitative estimate of drug-likeness (QED) is 0.788. The zero-order valence-corrected chi connectivity index (χ0v) is 9.65. The lowest BCUT2D eigenvalue weighted by Crippen LogP contribution is -2.30. The fourth-order valence-electron chi connectivity index (χ4n) is 2.38. The van der Waals surface area contributed by atoms with Crippen molar-refractivity contribution < 1.29 is 4.74 Å². The molecule has 1 atom stereocenters. The summed E-state index contributed by atoms with van der Waals surface area (Å²) in [5.74, 6) is 0. The van der Waals surface area contributed by atoms with E-state index >= 15 is 0 Å². The molecular weight excluding hydrogens is 198 g/mol. The molecule has 1 heterocycles. The Balaban J connectivity index is 0.000000980. The van der Waals surface area contributed by atoms with Gasteiger partial charge in [-0.25, -0.2) is 0 Å². The van der Waals surface area contributed by atoms with Crippen LogP contribution < -0.4 is 5.32 Å². The lowest BCUT2D eigenvalue weighted by Gasteiger charge is -2.23. The number of nitrogens with one attached hydrogen (secondary N) is 1. The van der Waals surface area contributed by atoms with Crippen molar-refractivity contribution in [3.63, 3.8) is 0 Å². The summed E-state index contributed by atoms with van der Waals surface area (Å²) >= 11 is 0. The zero-order chi connectivity index (χ0) is 8.93. The van der Waals surface area contributed by atoms with Crippen LogP contribution in [0.2, 0.25) is 0 Å². The third-order valence-corrected chi connectivity index (χ3v) is 3.25. The predicted molar refractivity (Wildman–Crippen MR) is 61.1 cm³/mol. The summed E-state index contributed by atoms with van der Waals surface area (Å²) in [4.78, 5) is 0. The van der Waals surface area contributed by atoms with E-state index in [0.29, 0.717) is 12.1 Å². The third-order valence-electron chi connectivity index (χ3n) is 3.25. The molecule has 1 aliphatic carbocycles. The number of hydrogen-bond donors (Lipinski definition) is 1. The molecule has 3 heteroatoms. The number of ether oxygens (including phenoxy) is 1. The van der Waals surface area contributed by atoms with E-state index in [2.05, 4.69) is 5.32 Å². The Bertz CT molecular complexity index is 142. The van der Waals surface area contributed by atoms with Gasteiger partial charge in [0.2, 0.25) is 0 Å². The third kappa shape index (κ3) is 3.76. The first-order valence-corrected chi connectivity index (χ1v) is 5.80. The summed E-state index contributed by atoms with van der Waals surface area (Å²) in [7, 11) is 0. The Morgan fingerprint density at radius 1 is 1.00 bits per heavy atom. The van der Waals surface area contributed by atoms with Crippen molar-refractivity contribution in [1.29, 1.82) is 0 Å². The van der Waals surface area contributed by atoms with E-state index in [4.69, 9.17) is 4.74 Å². The average molecular weight is 220 g/mol. The molecule has 2 aliphatic rings. The van der Waals surface area contributed by atoms with Gasteiger partial charge in [0.25, 0.3) is 0 Å². The molecule has 2 nitrogen and oxygen atoms in total. The molecule has 2 rings (SSSR count). The lowest BCUT2D eigenvalue weighted by molar-refractivity contribution is 0.0184. The van der Waals surface area contributed by atoms with Gasteiger partial charge in [-0.3, -0.25) is 0 Å². The minimum absolute atomic E-state index is 0. The smallest absolute Gasteiger partial charge is 0.0623 e. The summed E-state index contributed by atoms with van der Waals surface area (Å²) in [6, 6.07) is 0.655. The molecule has 0 aromatic rings. The Morgan fingerprint density at radius 2 is 1.79 bits per heavy atom. The largest absolute Gasteiger partial charge is 0.377 e. The number of hydrogen-bond acceptors (Lipinski definition) is 2. The lowest BCUT2D eigenvalue weighted by atomic mass is 9.98. The second-order valence-corrected chi connectivity index (χ2v) is 4.39. The summed E-state index contributed by atoms with van der Waals surface area (Å²) in [5, 5.41) is 3.47. The summed E-state index contributed by atoms with van der Waals surface area (Å²) < 4.78 is 5.90. The van der Waals surface area contributed by atoms with Crippen LogP contribution in [-0.4, -0.2) is 25.3 Å². The van der Waals surface area contributed by atoms with Crippen LogP contribution >= 0.6 is 12.4 Å². The van der Waals surface area contributed by atoms with Gasteiger partial charge in [-0.1, -0.05) is 19.3 Å². The Hall–Kier alpha value is 0.210. The van der Waals surface area contributed by atoms with Crippen molar-refractivity contribution in [2.45, 2.75) is 57.1 Å². The van der Waals surface area contributed by atoms with Crippen LogP contribution in [0.5, 0.6) is 0 Å². The minimum atomic E-state index is 0. The molecule has 1 N–H and O–H groups in total. The Kier molecular flexibility index (Phi) is 5.83. The first-order valence-electron chi connectivity index (χ1n) is 5.80. The molecule has 0 bridgehead atoms. The van der Waals surface area contributed by atoms with Gasteiger partial charge in [0.15, 0.2) is 0 Å². The van der Waals surface area contributed by atoms with E-state index in [1.807, 2.05) is 0 Å². The van der Waals surface area contributed by atoms with E-state index in [0.717, 1.165) is 6.61 Å². The van der Waals surface area contributed by atoms with Crippen LogP contribution in [-0.2, 0) is 4.74 Å². The highest BCUT2D eigenvalue weighted by Crippen LogP contribution is 2.20. The summed E-state index contributed by atoms with van der Waals surface area (Å²) in [6.07, 6.45) is 9.99. The summed E-state index contributed by atoms with van der Waals surface area (Å²) in [6.45, 7) is 2.14. The number of halogens is 1. The normalized spacial score (nSPS) is 28.7. The van der Waals surface area contributed by atoms with E-state index < -0.39 is 0 Å². The fraction of sp³-hybridized carbons (Fsp3) is 1.00. The van der Waals surface area contributed by atoms with Gasteiger partial charge in [0, 0.05) is 6.04 Å². The fourth-order valence-corrected chi connectivity index (χ4v) is 2.38. The monoisotopic (exact) mass is 219 g/mol.